The normalized spacial score (nSPS) is 12.8. The van der Waals surface area contributed by atoms with Crippen molar-refractivity contribution in [3.8, 4) is 0 Å². The molecule has 1 amide bonds. The summed E-state index contributed by atoms with van der Waals surface area (Å²) >= 11 is 5.87. The maximum atomic E-state index is 12.2. The highest BCUT2D eigenvalue weighted by Gasteiger charge is 2.21. The average molecular weight is 269 g/mol. The number of hydrogen-bond acceptors (Lipinski definition) is 2. The number of nitrogens with one attached hydrogen (secondary N) is 2. The van der Waals surface area contributed by atoms with Crippen molar-refractivity contribution < 1.29 is 4.79 Å². The Morgan fingerprint density at radius 3 is 2.06 bits per heavy atom. The minimum absolute atomic E-state index is 0.0129. The Labute approximate surface area is 114 Å². The van der Waals surface area contributed by atoms with Gasteiger partial charge >= 0.3 is 0 Å². The van der Waals surface area contributed by atoms with Gasteiger partial charge in [0.25, 0.3) is 0 Å². The fourth-order valence-corrected chi connectivity index (χ4v) is 1.81. The molecule has 1 aromatic carbocycles. The molecule has 1 unspecified atom stereocenters. The summed E-state index contributed by atoms with van der Waals surface area (Å²) in [6, 6.07) is 7.36. The Kier molecular flexibility index (Phi) is 5.63. The number of rotatable bonds is 5. The van der Waals surface area contributed by atoms with Crippen molar-refractivity contribution in [1.82, 2.24) is 10.6 Å². The first-order valence-corrected chi connectivity index (χ1v) is 6.60. The van der Waals surface area contributed by atoms with Crippen LogP contribution in [0.15, 0.2) is 24.3 Å². The summed E-state index contributed by atoms with van der Waals surface area (Å²) in [4.78, 5) is 12.2. The fourth-order valence-electron chi connectivity index (χ4n) is 1.68. The van der Waals surface area contributed by atoms with Gasteiger partial charge in [0.2, 0.25) is 5.91 Å². The monoisotopic (exact) mass is 268 g/mol. The molecule has 2 N–H and O–H groups in total. The van der Waals surface area contributed by atoms with Gasteiger partial charge in [-0.25, -0.2) is 0 Å². The minimum Gasteiger partial charge on any atom is -0.352 e. The number of halogens is 1. The molecule has 0 spiro atoms. The molecule has 0 fully saturated rings. The number of carbonyl (C=O) groups excluding carboxylic acids is 1. The van der Waals surface area contributed by atoms with E-state index < -0.39 is 0 Å². The van der Waals surface area contributed by atoms with Crippen LogP contribution in [0, 0.1) is 0 Å². The van der Waals surface area contributed by atoms with Crippen LogP contribution in [0.4, 0.5) is 0 Å². The van der Waals surface area contributed by atoms with Gasteiger partial charge in [0.05, 0.1) is 0 Å². The van der Waals surface area contributed by atoms with E-state index in [4.69, 9.17) is 11.6 Å². The van der Waals surface area contributed by atoms with Crippen LogP contribution in [0.3, 0.4) is 0 Å². The zero-order chi connectivity index (χ0) is 13.7. The third kappa shape index (κ3) is 4.67. The minimum atomic E-state index is -0.343. The zero-order valence-corrected chi connectivity index (χ0v) is 12.1. The van der Waals surface area contributed by atoms with Crippen molar-refractivity contribution in [1.29, 1.82) is 0 Å². The Morgan fingerprint density at radius 2 is 1.61 bits per heavy atom. The second-order valence-electron chi connectivity index (χ2n) is 4.97. The lowest BCUT2D eigenvalue weighted by Crippen LogP contribution is -2.42. The standard InChI is InChI=1S/C14H21ClN2O/c1-9(2)16-13(14(18)17-10(3)4)11-5-7-12(15)8-6-11/h5-10,13,16H,1-4H3,(H,17,18). The van der Waals surface area contributed by atoms with Gasteiger partial charge in [-0.2, -0.15) is 0 Å². The smallest absolute Gasteiger partial charge is 0.241 e. The molecule has 0 heterocycles. The average Bonchev–Trinajstić information content (AvgIpc) is 2.26. The molecule has 1 aromatic rings. The highest BCUT2D eigenvalue weighted by Crippen LogP contribution is 2.17. The van der Waals surface area contributed by atoms with Crippen molar-refractivity contribution in [3.63, 3.8) is 0 Å². The lowest BCUT2D eigenvalue weighted by atomic mass is 10.0. The van der Waals surface area contributed by atoms with Crippen LogP contribution in [0.5, 0.6) is 0 Å². The van der Waals surface area contributed by atoms with Gasteiger partial charge in [0, 0.05) is 17.1 Å². The van der Waals surface area contributed by atoms with Crippen molar-refractivity contribution >= 4 is 17.5 Å². The van der Waals surface area contributed by atoms with Gasteiger partial charge in [0.1, 0.15) is 6.04 Å². The first-order chi connectivity index (χ1) is 8.40. The van der Waals surface area contributed by atoms with Gasteiger partial charge in [0.15, 0.2) is 0 Å². The molecule has 3 nitrogen and oxygen atoms in total. The SMILES string of the molecule is CC(C)NC(=O)C(NC(C)C)c1ccc(Cl)cc1. The second-order valence-corrected chi connectivity index (χ2v) is 5.41. The Balaban J connectivity index is 2.90. The molecular formula is C14H21ClN2O. The van der Waals surface area contributed by atoms with Crippen molar-refractivity contribution in [2.75, 3.05) is 0 Å². The fraction of sp³-hybridized carbons (Fsp3) is 0.500. The lowest BCUT2D eigenvalue weighted by Gasteiger charge is -2.22. The number of benzene rings is 1. The number of carbonyl (C=O) groups is 1. The molecule has 18 heavy (non-hydrogen) atoms. The van der Waals surface area contributed by atoms with Crippen LogP contribution in [0.2, 0.25) is 5.02 Å². The molecule has 4 heteroatoms. The summed E-state index contributed by atoms with van der Waals surface area (Å²) in [5, 5.41) is 6.86. The van der Waals surface area contributed by atoms with E-state index in [0.717, 1.165) is 5.56 Å². The van der Waals surface area contributed by atoms with Gasteiger partial charge in [-0.15, -0.1) is 0 Å². The van der Waals surface area contributed by atoms with E-state index in [0.29, 0.717) is 5.02 Å². The van der Waals surface area contributed by atoms with Crippen molar-refractivity contribution in [2.24, 2.45) is 0 Å². The van der Waals surface area contributed by atoms with E-state index in [1.807, 2.05) is 39.8 Å². The quantitative estimate of drug-likeness (QED) is 0.862. The maximum Gasteiger partial charge on any atom is 0.241 e. The Morgan fingerprint density at radius 1 is 1.06 bits per heavy atom. The highest BCUT2D eigenvalue weighted by molar-refractivity contribution is 6.30. The molecule has 1 rings (SSSR count). The second kappa shape index (κ2) is 6.76. The number of hydrogen-bond donors (Lipinski definition) is 2. The number of amides is 1. The van der Waals surface area contributed by atoms with E-state index in [1.165, 1.54) is 0 Å². The van der Waals surface area contributed by atoms with E-state index in [2.05, 4.69) is 10.6 Å². The summed E-state index contributed by atoms with van der Waals surface area (Å²) in [7, 11) is 0. The van der Waals surface area contributed by atoms with Crippen LogP contribution in [-0.2, 0) is 4.79 Å². The molecule has 0 bridgehead atoms. The lowest BCUT2D eigenvalue weighted by molar-refractivity contribution is -0.124. The first-order valence-electron chi connectivity index (χ1n) is 6.22. The molecule has 0 aliphatic heterocycles. The van der Waals surface area contributed by atoms with E-state index in [9.17, 15) is 4.79 Å². The van der Waals surface area contributed by atoms with Crippen LogP contribution in [0.1, 0.15) is 39.3 Å². The predicted octanol–water partition coefficient (Wildman–Crippen LogP) is 2.90. The third-order valence-corrected chi connectivity index (χ3v) is 2.65. The topological polar surface area (TPSA) is 41.1 Å². The Hall–Kier alpha value is -1.06. The summed E-state index contributed by atoms with van der Waals surface area (Å²) in [5.41, 5.74) is 0.922. The molecule has 100 valence electrons. The van der Waals surface area contributed by atoms with Gasteiger partial charge in [-0.1, -0.05) is 23.7 Å². The van der Waals surface area contributed by atoms with E-state index in [1.54, 1.807) is 12.1 Å². The van der Waals surface area contributed by atoms with Crippen LogP contribution >= 0.6 is 11.6 Å². The molecule has 0 aliphatic carbocycles. The van der Waals surface area contributed by atoms with Crippen LogP contribution < -0.4 is 10.6 Å². The van der Waals surface area contributed by atoms with Crippen LogP contribution in [0.25, 0.3) is 0 Å². The van der Waals surface area contributed by atoms with Gasteiger partial charge < -0.3 is 5.32 Å². The molecular weight excluding hydrogens is 248 g/mol. The summed E-state index contributed by atoms with van der Waals surface area (Å²) < 4.78 is 0. The zero-order valence-electron chi connectivity index (χ0n) is 11.3. The van der Waals surface area contributed by atoms with E-state index >= 15 is 0 Å². The highest BCUT2D eigenvalue weighted by atomic mass is 35.5. The molecule has 0 saturated carbocycles. The van der Waals surface area contributed by atoms with Crippen molar-refractivity contribution in [2.45, 2.75) is 45.8 Å². The summed E-state index contributed by atoms with van der Waals surface area (Å²) in [5.74, 6) is -0.0129. The first kappa shape index (κ1) is 15.0. The van der Waals surface area contributed by atoms with E-state index in [-0.39, 0.29) is 24.0 Å². The predicted molar refractivity (Wildman–Crippen MR) is 75.7 cm³/mol. The van der Waals surface area contributed by atoms with Gasteiger partial charge in [-0.3, -0.25) is 10.1 Å². The van der Waals surface area contributed by atoms with Crippen LogP contribution in [-0.4, -0.2) is 18.0 Å². The largest absolute Gasteiger partial charge is 0.352 e. The van der Waals surface area contributed by atoms with Crippen molar-refractivity contribution in [3.05, 3.63) is 34.9 Å². The van der Waals surface area contributed by atoms with Gasteiger partial charge in [-0.05, 0) is 45.4 Å². The molecule has 0 aromatic heterocycles. The third-order valence-electron chi connectivity index (χ3n) is 2.40. The maximum absolute atomic E-state index is 12.2. The molecule has 1 atom stereocenters. The molecule has 0 saturated heterocycles. The summed E-state index contributed by atoms with van der Waals surface area (Å²) in [6.07, 6.45) is 0. The molecule has 0 radical (unpaired) electrons. The Bertz CT molecular complexity index is 387. The molecule has 0 aliphatic rings. The summed E-state index contributed by atoms with van der Waals surface area (Å²) in [6.45, 7) is 7.94.